The van der Waals surface area contributed by atoms with Gasteiger partial charge in [-0.25, -0.2) is 4.98 Å². The second-order valence-corrected chi connectivity index (χ2v) is 4.75. The molecule has 92 valence electrons. The molecule has 0 spiro atoms. The first-order valence-electron chi connectivity index (χ1n) is 6.40. The molecule has 0 saturated heterocycles. The smallest absolute Gasteiger partial charge is 0.108 e. The molecule has 1 aromatic rings. The van der Waals surface area contributed by atoms with Crippen molar-refractivity contribution in [1.29, 1.82) is 0 Å². The molecule has 0 aromatic carbocycles. The highest BCUT2D eigenvalue weighted by Gasteiger charge is 2.08. The summed E-state index contributed by atoms with van der Waals surface area (Å²) < 4.78 is 2.31. The first-order valence-corrected chi connectivity index (χ1v) is 6.40. The molecule has 0 amide bonds. The minimum Gasteiger partial charge on any atom is -0.332 e. The molecule has 16 heavy (non-hydrogen) atoms. The number of imidazole rings is 1. The van der Waals surface area contributed by atoms with Crippen LogP contribution in [0.25, 0.3) is 0 Å². The Morgan fingerprint density at radius 1 is 1.38 bits per heavy atom. The lowest BCUT2D eigenvalue weighted by atomic mass is 10.2. The van der Waals surface area contributed by atoms with Gasteiger partial charge in [0.2, 0.25) is 0 Å². The third-order valence-electron chi connectivity index (χ3n) is 2.81. The van der Waals surface area contributed by atoms with Crippen molar-refractivity contribution in [3.8, 4) is 0 Å². The van der Waals surface area contributed by atoms with Crippen molar-refractivity contribution >= 4 is 0 Å². The zero-order valence-corrected chi connectivity index (χ0v) is 11.0. The van der Waals surface area contributed by atoms with E-state index in [1.54, 1.807) is 0 Å². The second kappa shape index (κ2) is 6.69. The van der Waals surface area contributed by atoms with E-state index in [1.807, 2.05) is 6.20 Å². The summed E-state index contributed by atoms with van der Waals surface area (Å²) in [6.45, 7) is 9.91. The van der Waals surface area contributed by atoms with E-state index < -0.39 is 0 Å². The van der Waals surface area contributed by atoms with E-state index in [0.29, 0.717) is 12.1 Å². The molecule has 0 bridgehead atoms. The Hall–Kier alpha value is -0.830. The van der Waals surface area contributed by atoms with Gasteiger partial charge in [0.15, 0.2) is 0 Å². The van der Waals surface area contributed by atoms with Crippen molar-refractivity contribution in [2.45, 2.75) is 59.0 Å². The van der Waals surface area contributed by atoms with Gasteiger partial charge in [0.25, 0.3) is 0 Å². The average Bonchev–Trinajstić information content (AvgIpc) is 2.66. The first kappa shape index (κ1) is 13.2. The molecule has 0 saturated carbocycles. The molecule has 0 aliphatic rings. The average molecular weight is 223 g/mol. The maximum Gasteiger partial charge on any atom is 0.108 e. The lowest BCUT2D eigenvalue weighted by Gasteiger charge is -2.17. The number of hydrogen-bond acceptors (Lipinski definition) is 2. The van der Waals surface area contributed by atoms with Crippen molar-refractivity contribution in [1.82, 2.24) is 14.9 Å². The highest BCUT2D eigenvalue weighted by molar-refractivity contribution is 4.94. The van der Waals surface area contributed by atoms with Gasteiger partial charge in [0.05, 0.1) is 0 Å². The number of nitrogens with one attached hydrogen (secondary N) is 1. The molecule has 3 heteroatoms. The number of rotatable bonds is 7. The molecular formula is C13H25N3. The molecule has 0 aliphatic heterocycles. The molecule has 1 aromatic heterocycles. The van der Waals surface area contributed by atoms with E-state index in [0.717, 1.165) is 25.8 Å². The van der Waals surface area contributed by atoms with E-state index in [9.17, 15) is 0 Å². The molecule has 3 nitrogen and oxygen atoms in total. The van der Waals surface area contributed by atoms with Crippen LogP contribution in [0, 0.1) is 0 Å². The molecule has 1 unspecified atom stereocenters. The monoisotopic (exact) mass is 223 g/mol. The van der Waals surface area contributed by atoms with Crippen LogP contribution in [-0.2, 0) is 6.42 Å². The van der Waals surface area contributed by atoms with Gasteiger partial charge in [-0.2, -0.15) is 0 Å². The van der Waals surface area contributed by atoms with Gasteiger partial charge in [-0.3, -0.25) is 0 Å². The van der Waals surface area contributed by atoms with Gasteiger partial charge < -0.3 is 9.88 Å². The van der Waals surface area contributed by atoms with E-state index in [2.05, 4.69) is 48.8 Å². The molecule has 0 radical (unpaired) electrons. The van der Waals surface area contributed by atoms with Crippen LogP contribution < -0.4 is 5.32 Å². The quantitative estimate of drug-likeness (QED) is 0.770. The number of aryl methyl sites for hydroxylation is 1. The lowest BCUT2D eigenvalue weighted by molar-refractivity contribution is 0.452. The van der Waals surface area contributed by atoms with Crippen LogP contribution in [0.5, 0.6) is 0 Å². The predicted octanol–water partition coefficient (Wildman–Crippen LogP) is 2.78. The minimum atomic E-state index is 0.537. The summed E-state index contributed by atoms with van der Waals surface area (Å²) in [4.78, 5) is 4.41. The normalized spacial score (nSPS) is 13.3. The van der Waals surface area contributed by atoms with E-state index in [-0.39, 0.29) is 0 Å². The Kier molecular flexibility index (Phi) is 5.53. The van der Waals surface area contributed by atoms with Crippen LogP contribution in [0.3, 0.4) is 0 Å². The Labute approximate surface area is 99.3 Å². The Morgan fingerprint density at radius 3 is 2.75 bits per heavy atom. The SMILES string of the molecule is CCCc1nccn1C(C)CCNC(C)C. The molecule has 1 atom stereocenters. The fourth-order valence-corrected chi connectivity index (χ4v) is 1.88. The molecule has 1 N–H and O–H groups in total. The van der Waals surface area contributed by atoms with Crippen LogP contribution in [0.1, 0.15) is 52.4 Å². The molecule has 1 rings (SSSR count). The van der Waals surface area contributed by atoms with Crippen LogP contribution in [-0.4, -0.2) is 22.1 Å². The Bertz CT molecular complexity index is 291. The van der Waals surface area contributed by atoms with Gasteiger partial charge in [-0.05, 0) is 26.3 Å². The zero-order valence-electron chi connectivity index (χ0n) is 11.0. The minimum absolute atomic E-state index is 0.537. The van der Waals surface area contributed by atoms with Crippen LogP contribution in [0.4, 0.5) is 0 Å². The van der Waals surface area contributed by atoms with Crippen LogP contribution >= 0.6 is 0 Å². The van der Waals surface area contributed by atoms with Gasteiger partial charge in [-0.15, -0.1) is 0 Å². The summed E-state index contributed by atoms with van der Waals surface area (Å²) in [7, 11) is 0. The third-order valence-corrected chi connectivity index (χ3v) is 2.81. The van der Waals surface area contributed by atoms with Crippen LogP contribution in [0.2, 0.25) is 0 Å². The molecule has 0 fully saturated rings. The highest BCUT2D eigenvalue weighted by atomic mass is 15.1. The van der Waals surface area contributed by atoms with E-state index >= 15 is 0 Å². The van der Waals surface area contributed by atoms with Crippen molar-refractivity contribution < 1.29 is 0 Å². The molecule has 1 heterocycles. The van der Waals surface area contributed by atoms with Crippen LogP contribution in [0.15, 0.2) is 12.4 Å². The fraction of sp³-hybridized carbons (Fsp3) is 0.769. The maximum atomic E-state index is 4.41. The van der Waals surface area contributed by atoms with Crippen molar-refractivity contribution in [3.63, 3.8) is 0 Å². The number of hydrogen-bond donors (Lipinski definition) is 1. The van der Waals surface area contributed by atoms with Gasteiger partial charge >= 0.3 is 0 Å². The summed E-state index contributed by atoms with van der Waals surface area (Å²) in [5.74, 6) is 1.22. The largest absolute Gasteiger partial charge is 0.332 e. The summed E-state index contributed by atoms with van der Waals surface area (Å²) in [6, 6.07) is 1.11. The summed E-state index contributed by atoms with van der Waals surface area (Å²) in [6.07, 6.45) is 7.41. The van der Waals surface area contributed by atoms with Gasteiger partial charge in [0.1, 0.15) is 5.82 Å². The second-order valence-electron chi connectivity index (χ2n) is 4.75. The van der Waals surface area contributed by atoms with E-state index in [4.69, 9.17) is 0 Å². The van der Waals surface area contributed by atoms with Crippen molar-refractivity contribution in [2.24, 2.45) is 0 Å². The Morgan fingerprint density at radius 2 is 2.12 bits per heavy atom. The number of aromatic nitrogens is 2. The topological polar surface area (TPSA) is 29.9 Å². The highest BCUT2D eigenvalue weighted by Crippen LogP contribution is 2.13. The zero-order chi connectivity index (χ0) is 12.0. The molecular weight excluding hydrogens is 198 g/mol. The summed E-state index contributed by atoms with van der Waals surface area (Å²) in [5.41, 5.74) is 0. The van der Waals surface area contributed by atoms with E-state index in [1.165, 1.54) is 5.82 Å². The number of nitrogens with zero attached hydrogens (tertiary/aromatic N) is 2. The summed E-state index contributed by atoms with van der Waals surface area (Å²) >= 11 is 0. The third kappa shape index (κ3) is 3.97. The fourth-order valence-electron chi connectivity index (χ4n) is 1.88. The lowest BCUT2D eigenvalue weighted by Crippen LogP contribution is -2.25. The first-order chi connectivity index (χ1) is 7.65. The maximum absolute atomic E-state index is 4.41. The summed E-state index contributed by atoms with van der Waals surface area (Å²) in [5, 5.41) is 3.46. The molecule has 0 aliphatic carbocycles. The standard InChI is InChI=1S/C13H25N3/c1-5-6-13-15-9-10-16(13)12(4)7-8-14-11(2)3/h9-12,14H,5-8H2,1-4H3. The van der Waals surface area contributed by atoms with Crippen molar-refractivity contribution in [2.75, 3.05) is 6.54 Å². The van der Waals surface area contributed by atoms with Gasteiger partial charge in [0, 0.05) is 30.9 Å². The van der Waals surface area contributed by atoms with Crippen molar-refractivity contribution in [3.05, 3.63) is 18.2 Å². The predicted molar refractivity (Wildman–Crippen MR) is 68.7 cm³/mol. The van der Waals surface area contributed by atoms with Gasteiger partial charge in [-0.1, -0.05) is 20.8 Å². The Balaban J connectivity index is 2.45.